The predicted octanol–water partition coefficient (Wildman–Crippen LogP) is 4.45. The molecule has 0 spiro atoms. The first-order valence-corrected chi connectivity index (χ1v) is 7.96. The SMILES string of the molecule is Cc1cc(C)c(C(=O)OC(C)c2ccccc2P=O)c(C)c1. The van der Waals surface area contributed by atoms with E-state index in [1.165, 1.54) is 0 Å². The van der Waals surface area contributed by atoms with E-state index in [9.17, 15) is 9.36 Å². The molecular weight excluding hydrogens is 295 g/mol. The number of carbonyl (C=O) groups excluding carboxylic acids is 1. The number of aryl methyl sites for hydroxylation is 3. The molecular formula is C18H19O3P. The first-order valence-electron chi connectivity index (χ1n) is 7.15. The zero-order valence-corrected chi connectivity index (χ0v) is 14.1. The van der Waals surface area contributed by atoms with Gasteiger partial charge in [0, 0.05) is 10.9 Å². The molecule has 0 aliphatic heterocycles. The predicted molar refractivity (Wildman–Crippen MR) is 88.2 cm³/mol. The number of hydrogen-bond acceptors (Lipinski definition) is 3. The van der Waals surface area contributed by atoms with Gasteiger partial charge in [-0.05, 0) is 44.9 Å². The summed E-state index contributed by atoms with van der Waals surface area (Å²) in [7, 11) is -0.0747. The zero-order valence-electron chi connectivity index (χ0n) is 13.2. The summed E-state index contributed by atoms with van der Waals surface area (Å²) in [5.41, 5.74) is 4.30. The molecule has 0 radical (unpaired) electrons. The van der Waals surface area contributed by atoms with Crippen LogP contribution in [0, 0.1) is 20.8 Å². The highest BCUT2D eigenvalue weighted by Crippen LogP contribution is 2.23. The van der Waals surface area contributed by atoms with E-state index in [1.807, 2.05) is 51.1 Å². The van der Waals surface area contributed by atoms with Crippen molar-refractivity contribution in [3.8, 4) is 0 Å². The average molecular weight is 314 g/mol. The molecule has 22 heavy (non-hydrogen) atoms. The molecule has 0 saturated carbocycles. The van der Waals surface area contributed by atoms with E-state index in [2.05, 4.69) is 0 Å². The second-order valence-electron chi connectivity index (χ2n) is 5.47. The Morgan fingerprint density at radius 3 is 2.27 bits per heavy atom. The Bertz CT molecular complexity index is 699. The first kappa shape index (κ1) is 16.4. The van der Waals surface area contributed by atoms with Gasteiger partial charge in [-0.15, -0.1) is 0 Å². The van der Waals surface area contributed by atoms with Gasteiger partial charge in [0.05, 0.1) is 5.56 Å². The molecule has 0 aliphatic rings. The highest BCUT2D eigenvalue weighted by atomic mass is 31.1. The third-order valence-corrected chi connectivity index (χ3v) is 4.24. The number of esters is 1. The standard InChI is InChI=1S/C18H19O3P/c1-11-9-12(2)17(13(3)10-11)18(19)21-14(4)15-7-5-6-8-16(15)22-20/h5-10,14H,1-4H3. The Labute approximate surface area is 132 Å². The van der Waals surface area contributed by atoms with Crippen molar-refractivity contribution in [2.24, 2.45) is 0 Å². The van der Waals surface area contributed by atoms with Crippen molar-refractivity contribution in [2.75, 3.05) is 0 Å². The van der Waals surface area contributed by atoms with Crippen molar-refractivity contribution in [3.63, 3.8) is 0 Å². The molecule has 0 saturated heterocycles. The van der Waals surface area contributed by atoms with Gasteiger partial charge in [0.15, 0.2) is 8.46 Å². The number of benzene rings is 2. The summed E-state index contributed by atoms with van der Waals surface area (Å²) < 4.78 is 16.8. The molecule has 0 heterocycles. The monoisotopic (exact) mass is 314 g/mol. The van der Waals surface area contributed by atoms with Gasteiger partial charge in [-0.2, -0.15) is 0 Å². The number of ether oxygens (including phenoxy) is 1. The largest absolute Gasteiger partial charge is 0.454 e. The van der Waals surface area contributed by atoms with E-state index in [0.717, 1.165) is 22.3 Å². The van der Waals surface area contributed by atoms with Crippen LogP contribution in [-0.4, -0.2) is 5.97 Å². The Balaban J connectivity index is 2.27. The van der Waals surface area contributed by atoms with Gasteiger partial charge in [-0.3, -0.25) is 4.57 Å². The Kier molecular flexibility index (Phi) is 5.10. The van der Waals surface area contributed by atoms with E-state index < -0.39 is 6.10 Å². The maximum atomic E-state index is 12.5. The normalized spacial score (nSPS) is 12.2. The molecule has 2 aromatic carbocycles. The lowest BCUT2D eigenvalue weighted by Gasteiger charge is -2.17. The van der Waals surface area contributed by atoms with Crippen LogP contribution in [0.15, 0.2) is 36.4 Å². The lowest BCUT2D eigenvalue weighted by Crippen LogP contribution is -2.15. The Hall–Kier alpha value is -1.99. The minimum absolute atomic E-state index is 0.0747. The summed E-state index contributed by atoms with van der Waals surface area (Å²) in [6.07, 6.45) is -0.453. The lowest BCUT2D eigenvalue weighted by molar-refractivity contribution is 0.0338. The van der Waals surface area contributed by atoms with Gasteiger partial charge < -0.3 is 4.74 Å². The van der Waals surface area contributed by atoms with E-state index in [0.29, 0.717) is 10.9 Å². The van der Waals surface area contributed by atoms with E-state index >= 15 is 0 Å². The molecule has 0 bridgehead atoms. The molecule has 1 atom stereocenters. The van der Waals surface area contributed by atoms with Crippen molar-refractivity contribution >= 4 is 19.7 Å². The highest BCUT2D eigenvalue weighted by molar-refractivity contribution is 7.34. The van der Waals surface area contributed by atoms with Gasteiger partial charge in [-0.25, -0.2) is 4.79 Å². The fourth-order valence-electron chi connectivity index (χ4n) is 2.70. The van der Waals surface area contributed by atoms with Crippen LogP contribution in [0.1, 0.15) is 45.6 Å². The smallest absolute Gasteiger partial charge is 0.339 e. The number of carbonyl (C=O) groups is 1. The number of rotatable bonds is 4. The fraction of sp³-hybridized carbons (Fsp3) is 0.278. The van der Waals surface area contributed by atoms with Crippen molar-refractivity contribution in [3.05, 3.63) is 64.2 Å². The third-order valence-electron chi connectivity index (χ3n) is 3.64. The van der Waals surface area contributed by atoms with Crippen LogP contribution in [0.25, 0.3) is 0 Å². The van der Waals surface area contributed by atoms with Crippen molar-refractivity contribution in [1.29, 1.82) is 0 Å². The average Bonchev–Trinajstić information content (AvgIpc) is 2.45. The van der Waals surface area contributed by atoms with Crippen LogP contribution in [0.4, 0.5) is 0 Å². The van der Waals surface area contributed by atoms with Crippen LogP contribution in [0.2, 0.25) is 0 Å². The molecule has 4 heteroatoms. The van der Waals surface area contributed by atoms with Crippen molar-refractivity contribution in [2.45, 2.75) is 33.8 Å². The maximum Gasteiger partial charge on any atom is 0.339 e. The molecule has 0 amide bonds. The summed E-state index contributed by atoms with van der Waals surface area (Å²) in [5, 5.41) is 0.639. The zero-order chi connectivity index (χ0) is 16.3. The van der Waals surface area contributed by atoms with Gasteiger partial charge in [0.25, 0.3) is 0 Å². The van der Waals surface area contributed by atoms with Gasteiger partial charge >= 0.3 is 5.97 Å². The summed E-state index contributed by atoms with van der Waals surface area (Å²) in [4.78, 5) is 12.5. The topological polar surface area (TPSA) is 43.4 Å². The maximum absolute atomic E-state index is 12.5. The van der Waals surface area contributed by atoms with Gasteiger partial charge in [0.2, 0.25) is 0 Å². The molecule has 0 fully saturated rings. The summed E-state index contributed by atoms with van der Waals surface area (Å²) >= 11 is 0. The van der Waals surface area contributed by atoms with Crippen LogP contribution >= 0.6 is 8.46 Å². The molecule has 0 aliphatic carbocycles. The van der Waals surface area contributed by atoms with Crippen LogP contribution in [-0.2, 0) is 9.30 Å². The molecule has 0 aromatic heterocycles. The van der Waals surface area contributed by atoms with Crippen LogP contribution < -0.4 is 5.30 Å². The molecule has 0 N–H and O–H groups in total. The molecule has 1 unspecified atom stereocenters. The highest BCUT2D eigenvalue weighted by Gasteiger charge is 2.19. The molecule has 3 nitrogen and oxygen atoms in total. The third kappa shape index (κ3) is 3.42. The minimum Gasteiger partial charge on any atom is -0.454 e. The first-order chi connectivity index (χ1) is 10.4. The van der Waals surface area contributed by atoms with Crippen molar-refractivity contribution in [1.82, 2.24) is 0 Å². The van der Waals surface area contributed by atoms with Crippen LogP contribution in [0.5, 0.6) is 0 Å². The second kappa shape index (κ2) is 6.85. The fourth-order valence-corrected chi connectivity index (χ4v) is 3.21. The Morgan fingerprint density at radius 2 is 1.68 bits per heavy atom. The van der Waals surface area contributed by atoms with Gasteiger partial charge in [0.1, 0.15) is 6.10 Å². The van der Waals surface area contributed by atoms with E-state index in [4.69, 9.17) is 4.74 Å². The molecule has 2 aromatic rings. The quantitative estimate of drug-likeness (QED) is 0.618. The Morgan fingerprint density at radius 1 is 1.09 bits per heavy atom. The van der Waals surface area contributed by atoms with E-state index in [1.54, 1.807) is 13.0 Å². The van der Waals surface area contributed by atoms with E-state index in [-0.39, 0.29) is 14.4 Å². The summed E-state index contributed by atoms with van der Waals surface area (Å²) in [6, 6.07) is 11.2. The molecule has 114 valence electrons. The summed E-state index contributed by atoms with van der Waals surface area (Å²) in [6.45, 7) is 7.61. The second-order valence-corrected chi connectivity index (χ2v) is 6.14. The van der Waals surface area contributed by atoms with Gasteiger partial charge in [-0.1, -0.05) is 35.9 Å². The minimum atomic E-state index is -0.453. The van der Waals surface area contributed by atoms with Crippen LogP contribution in [0.3, 0.4) is 0 Å². The van der Waals surface area contributed by atoms with Crippen molar-refractivity contribution < 1.29 is 14.1 Å². The number of hydrogen-bond donors (Lipinski definition) is 0. The molecule has 2 rings (SSSR count). The lowest BCUT2D eigenvalue weighted by atomic mass is 10.00. The summed E-state index contributed by atoms with van der Waals surface area (Å²) in [5.74, 6) is -0.347.